The molecule has 35 heavy (non-hydrogen) atoms. The number of nitrogens with zero attached hydrogens (tertiary/aromatic N) is 3. The van der Waals surface area contributed by atoms with Crippen molar-refractivity contribution in [3.05, 3.63) is 47.5 Å². The molecular weight excluding hydrogens is 452 g/mol. The Hall–Kier alpha value is -3.02. The maximum Gasteiger partial charge on any atom is 0.407 e. The summed E-state index contributed by atoms with van der Waals surface area (Å²) in [5.41, 5.74) is 5.92. The van der Waals surface area contributed by atoms with E-state index in [-0.39, 0.29) is 32.7 Å². The molecule has 1 aromatic carbocycles. The highest BCUT2D eigenvalue weighted by atomic mass is 16.6. The van der Waals surface area contributed by atoms with Crippen molar-refractivity contribution in [2.45, 2.75) is 71.4 Å². The minimum atomic E-state index is -1.08. The topological polar surface area (TPSA) is 154 Å². The summed E-state index contributed by atoms with van der Waals surface area (Å²) in [4.78, 5) is 24.7. The van der Waals surface area contributed by atoms with Gasteiger partial charge in [-0.15, -0.1) is 10.2 Å². The molecule has 2 amide bonds. The number of aliphatic hydroxyl groups is 1. The predicted molar refractivity (Wildman–Crippen MR) is 130 cm³/mol. The number of benzene rings is 1. The van der Waals surface area contributed by atoms with E-state index in [1.807, 2.05) is 34.9 Å². The second kappa shape index (κ2) is 13.2. The molecule has 11 heteroatoms. The van der Waals surface area contributed by atoms with Gasteiger partial charge in [0, 0.05) is 19.6 Å². The van der Waals surface area contributed by atoms with Crippen LogP contribution < -0.4 is 16.4 Å². The maximum absolute atomic E-state index is 12.7. The summed E-state index contributed by atoms with van der Waals surface area (Å²) in [6.45, 7) is 4.50. The van der Waals surface area contributed by atoms with Crippen molar-refractivity contribution in [1.29, 1.82) is 0 Å². The van der Waals surface area contributed by atoms with E-state index in [0.29, 0.717) is 44.8 Å². The van der Waals surface area contributed by atoms with Gasteiger partial charge in [0.15, 0.2) is 5.82 Å². The van der Waals surface area contributed by atoms with Crippen molar-refractivity contribution in [1.82, 2.24) is 25.4 Å². The van der Waals surface area contributed by atoms with E-state index >= 15 is 0 Å². The van der Waals surface area contributed by atoms with Gasteiger partial charge in [-0.25, -0.2) is 4.79 Å². The van der Waals surface area contributed by atoms with E-state index in [4.69, 9.17) is 20.3 Å². The van der Waals surface area contributed by atoms with Gasteiger partial charge in [-0.3, -0.25) is 4.79 Å². The fourth-order valence-corrected chi connectivity index (χ4v) is 3.53. The Morgan fingerprint density at radius 3 is 2.71 bits per heavy atom. The smallest absolute Gasteiger partial charge is 0.407 e. The normalized spacial score (nSPS) is 15.9. The number of ether oxygens (including phenoxy) is 2. The van der Waals surface area contributed by atoms with Gasteiger partial charge in [0.05, 0.1) is 25.3 Å². The lowest BCUT2D eigenvalue weighted by atomic mass is 10.1. The average Bonchev–Trinajstić information content (AvgIpc) is 3.22. The van der Waals surface area contributed by atoms with Crippen LogP contribution in [0.15, 0.2) is 30.3 Å². The van der Waals surface area contributed by atoms with Crippen LogP contribution in [0.25, 0.3) is 0 Å². The minimum Gasteiger partial charge on any atom is -0.444 e. The number of aryl methyl sites for hydroxylation is 1. The first-order valence-corrected chi connectivity index (χ1v) is 11.5. The molecule has 0 radical (unpaired) electrons. The van der Waals surface area contributed by atoms with E-state index < -0.39 is 17.7 Å². The Balaban J connectivity index is 0.00000432. The summed E-state index contributed by atoms with van der Waals surface area (Å²) in [5.74, 6) is 0.935. The third kappa shape index (κ3) is 8.30. The van der Waals surface area contributed by atoms with Crippen molar-refractivity contribution in [3.8, 4) is 0 Å². The van der Waals surface area contributed by atoms with Crippen LogP contribution >= 0.6 is 0 Å². The zero-order valence-electron chi connectivity index (χ0n) is 19.7. The zero-order valence-corrected chi connectivity index (χ0v) is 19.7. The molecule has 0 bridgehead atoms. The third-order valence-electron chi connectivity index (χ3n) is 5.41. The maximum atomic E-state index is 12.7. The lowest BCUT2D eigenvalue weighted by Crippen LogP contribution is -2.51. The molecule has 5 N–H and O–H groups in total. The van der Waals surface area contributed by atoms with Crippen molar-refractivity contribution >= 4 is 12.0 Å². The number of aliphatic hydroxyl groups excluding tert-OH is 1. The highest BCUT2D eigenvalue weighted by Gasteiger charge is 2.32. The number of nitrogens with two attached hydrogens (primary N) is 1. The monoisotopic (exact) mass is 490 g/mol. The number of rotatable bonds is 11. The molecular formula is C24H38N6O5. The third-order valence-corrected chi connectivity index (χ3v) is 5.41. The van der Waals surface area contributed by atoms with Crippen molar-refractivity contribution in [3.63, 3.8) is 0 Å². The number of aromatic nitrogens is 3. The molecule has 11 nitrogen and oxygen atoms in total. The second-order valence-electron chi connectivity index (χ2n) is 8.90. The molecule has 0 saturated heterocycles. The highest BCUT2D eigenvalue weighted by molar-refractivity contribution is 5.85. The number of amides is 2. The number of carbonyl (C=O) groups excluding carboxylic acids is 2. The molecule has 2 heterocycles. The first-order valence-electron chi connectivity index (χ1n) is 11.5. The predicted octanol–water partition coefficient (Wildman–Crippen LogP) is 1.45. The number of hydrogen-bond acceptors (Lipinski definition) is 8. The Kier molecular flexibility index (Phi) is 10.6. The zero-order chi connectivity index (χ0) is 24.6. The summed E-state index contributed by atoms with van der Waals surface area (Å²) in [5, 5.41) is 23.0. The van der Waals surface area contributed by atoms with Crippen LogP contribution in [0.1, 0.15) is 57.4 Å². The van der Waals surface area contributed by atoms with Gasteiger partial charge in [0.2, 0.25) is 5.91 Å². The van der Waals surface area contributed by atoms with E-state index in [9.17, 15) is 9.59 Å². The van der Waals surface area contributed by atoms with Crippen LogP contribution in [0, 0.1) is 0 Å². The fourth-order valence-electron chi connectivity index (χ4n) is 3.53. The molecule has 0 fully saturated rings. The SMILES string of the molecule is C.CC(C)(N)C(=O)N[C@H](COCc1ccccc1)c1nnc2n1CC(OC(=O)NCCCO)CC2. The molecule has 3 rings (SSSR count). The largest absolute Gasteiger partial charge is 0.444 e. The van der Waals surface area contributed by atoms with Gasteiger partial charge in [0.1, 0.15) is 18.0 Å². The van der Waals surface area contributed by atoms with Crippen molar-refractivity contribution < 1.29 is 24.2 Å². The summed E-state index contributed by atoms with van der Waals surface area (Å²) < 4.78 is 13.3. The number of hydrogen-bond donors (Lipinski definition) is 4. The Morgan fingerprint density at radius 2 is 2.03 bits per heavy atom. The Labute approximate surface area is 206 Å². The molecule has 2 atom stereocenters. The molecule has 0 saturated carbocycles. The quantitative estimate of drug-likeness (QED) is 0.345. The van der Waals surface area contributed by atoms with Crippen LogP contribution in [-0.2, 0) is 33.8 Å². The van der Waals surface area contributed by atoms with Crippen LogP contribution in [0.3, 0.4) is 0 Å². The van der Waals surface area contributed by atoms with Gasteiger partial charge in [0.25, 0.3) is 0 Å². The molecule has 1 aromatic heterocycles. The van der Waals surface area contributed by atoms with Crippen LogP contribution in [0.5, 0.6) is 0 Å². The molecule has 0 spiro atoms. The van der Waals surface area contributed by atoms with Crippen molar-refractivity contribution in [2.24, 2.45) is 5.73 Å². The summed E-state index contributed by atoms with van der Waals surface area (Å²) in [7, 11) is 0. The minimum absolute atomic E-state index is 0. The molecule has 1 aliphatic rings. The summed E-state index contributed by atoms with van der Waals surface area (Å²) in [6, 6.07) is 9.14. The van der Waals surface area contributed by atoms with E-state index in [1.165, 1.54) is 0 Å². The number of carbonyl (C=O) groups is 2. The number of nitrogens with one attached hydrogen (secondary N) is 2. The van der Waals surface area contributed by atoms with Crippen LogP contribution in [0.4, 0.5) is 4.79 Å². The standard InChI is InChI=1S/C23H34N6O5.CH4/c1-23(2,24)21(31)26-18(15-33-14-16-7-4-3-5-8-16)20-28-27-19-10-9-17(13-29(19)20)34-22(32)25-11-6-12-30;/h3-5,7-8,17-18,30H,6,9-15,24H2,1-2H3,(H,25,32)(H,26,31);1H4/t17?,18-;/m1./s1. The first-order chi connectivity index (χ1) is 16.3. The Bertz CT molecular complexity index is 944. The highest BCUT2D eigenvalue weighted by Crippen LogP contribution is 2.22. The van der Waals surface area contributed by atoms with Crippen LogP contribution in [-0.4, -0.2) is 63.3 Å². The van der Waals surface area contributed by atoms with Gasteiger partial charge in [-0.05, 0) is 32.3 Å². The fraction of sp³-hybridized carbons (Fsp3) is 0.583. The molecule has 2 aromatic rings. The molecule has 194 valence electrons. The summed E-state index contributed by atoms with van der Waals surface area (Å²) in [6.07, 6.45) is 0.751. The van der Waals surface area contributed by atoms with Crippen molar-refractivity contribution in [2.75, 3.05) is 19.8 Å². The van der Waals surface area contributed by atoms with Gasteiger partial charge < -0.3 is 35.5 Å². The average molecular weight is 491 g/mol. The van der Waals surface area contributed by atoms with Crippen LogP contribution in [0.2, 0.25) is 0 Å². The molecule has 1 unspecified atom stereocenters. The van der Waals surface area contributed by atoms with Gasteiger partial charge in [-0.1, -0.05) is 37.8 Å². The summed E-state index contributed by atoms with van der Waals surface area (Å²) >= 11 is 0. The van der Waals surface area contributed by atoms with E-state index in [0.717, 1.165) is 11.4 Å². The van der Waals surface area contributed by atoms with E-state index in [1.54, 1.807) is 13.8 Å². The molecule has 0 aliphatic carbocycles. The van der Waals surface area contributed by atoms with Gasteiger partial charge >= 0.3 is 6.09 Å². The number of alkyl carbamates (subject to hydrolysis) is 1. The van der Waals surface area contributed by atoms with Gasteiger partial charge in [-0.2, -0.15) is 0 Å². The van der Waals surface area contributed by atoms with E-state index in [2.05, 4.69) is 20.8 Å². The molecule has 1 aliphatic heterocycles. The lowest BCUT2D eigenvalue weighted by molar-refractivity contribution is -0.126. The number of fused-ring (bicyclic) bond motifs is 1. The Morgan fingerprint density at radius 1 is 1.29 bits per heavy atom. The lowest BCUT2D eigenvalue weighted by Gasteiger charge is -2.28. The second-order valence-corrected chi connectivity index (χ2v) is 8.90. The first kappa shape index (κ1) is 28.2.